The van der Waals surface area contributed by atoms with E-state index in [2.05, 4.69) is 13.0 Å². The largest absolute Gasteiger partial charge is 0.381 e. The van der Waals surface area contributed by atoms with E-state index in [0.29, 0.717) is 6.42 Å². The summed E-state index contributed by atoms with van der Waals surface area (Å²) in [6, 6.07) is 2.13. The summed E-state index contributed by atoms with van der Waals surface area (Å²) in [4.78, 5) is 0. The smallest absolute Gasteiger partial charge is 0.0621 e. The second-order valence-corrected chi connectivity index (χ2v) is 2.58. The van der Waals surface area contributed by atoms with Gasteiger partial charge in [-0.15, -0.1) is 0 Å². The molecule has 0 radical (unpaired) electrons. The fraction of sp³-hybridized carbons (Fsp3) is 0.889. The highest BCUT2D eigenvalue weighted by atomic mass is 16.5. The average Bonchev–Trinajstić information content (AvgIpc) is 2.03. The SMILES string of the molecule is CCCOCCCCCC#N. The highest BCUT2D eigenvalue weighted by Crippen LogP contribution is 1.98. The molecule has 0 N–H and O–H groups in total. The normalized spacial score (nSPS) is 9.45. The first-order valence-corrected chi connectivity index (χ1v) is 4.36. The van der Waals surface area contributed by atoms with Crippen LogP contribution in [0.15, 0.2) is 0 Å². The third kappa shape index (κ3) is 9.45. The number of nitriles is 1. The Kier molecular flexibility index (Phi) is 8.98. The molecule has 0 aromatic carbocycles. The summed E-state index contributed by atoms with van der Waals surface area (Å²) in [5.74, 6) is 0. The molecule has 0 saturated heterocycles. The van der Waals surface area contributed by atoms with Crippen LogP contribution in [0.3, 0.4) is 0 Å². The van der Waals surface area contributed by atoms with Crippen LogP contribution >= 0.6 is 0 Å². The van der Waals surface area contributed by atoms with Crippen molar-refractivity contribution < 1.29 is 4.74 Å². The van der Waals surface area contributed by atoms with Crippen molar-refractivity contribution in [3.05, 3.63) is 0 Å². The van der Waals surface area contributed by atoms with E-state index in [0.717, 1.165) is 38.9 Å². The second kappa shape index (κ2) is 9.45. The Balaban J connectivity index is 2.75. The van der Waals surface area contributed by atoms with Gasteiger partial charge < -0.3 is 4.74 Å². The number of unbranched alkanes of at least 4 members (excludes halogenated alkanes) is 3. The molecule has 0 aromatic heterocycles. The van der Waals surface area contributed by atoms with Crippen molar-refractivity contribution >= 4 is 0 Å². The van der Waals surface area contributed by atoms with Crippen LogP contribution in [0.5, 0.6) is 0 Å². The van der Waals surface area contributed by atoms with Crippen LogP contribution in [0, 0.1) is 11.3 Å². The standard InChI is InChI=1S/C9H17NO/c1-2-8-11-9-6-4-3-5-7-10/h2-6,8-9H2,1H3. The van der Waals surface area contributed by atoms with Crippen molar-refractivity contribution in [2.24, 2.45) is 0 Å². The minimum absolute atomic E-state index is 0.688. The quantitative estimate of drug-likeness (QED) is 0.529. The van der Waals surface area contributed by atoms with E-state index in [1.165, 1.54) is 0 Å². The van der Waals surface area contributed by atoms with Crippen molar-refractivity contribution in [3.8, 4) is 6.07 Å². The summed E-state index contributed by atoms with van der Waals surface area (Å²) >= 11 is 0. The van der Waals surface area contributed by atoms with Gasteiger partial charge in [-0.3, -0.25) is 0 Å². The topological polar surface area (TPSA) is 33.0 Å². The molecule has 0 aliphatic heterocycles. The number of rotatable bonds is 7. The van der Waals surface area contributed by atoms with Crippen LogP contribution in [-0.4, -0.2) is 13.2 Å². The molecule has 0 saturated carbocycles. The number of hydrogen-bond acceptors (Lipinski definition) is 2. The zero-order chi connectivity index (χ0) is 8.36. The third-order valence-corrected chi connectivity index (χ3v) is 1.43. The first-order chi connectivity index (χ1) is 5.41. The van der Waals surface area contributed by atoms with Gasteiger partial charge in [0.15, 0.2) is 0 Å². The fourth-order valence-electron chi connectivity index (χ4n) is 0.831. The minimum atomic E-state index is 0.688. The molecule has 64 valence electrons. The van der Waals surface area contributed by atoms with E-state index >= 15 is 0 Å². The van der Waals surface area contributed by atoms with Crippen LogP contribution in [0.25, 0.3) is 0 Å². The molecule has 0 fully saturated rings. The van der Waals surface area contributed by atoms with Gasteiger partial charge in [-0.2, -0.15) is 5.26 Å². The highest BCUT2D eigenvalue weighted by molar-refractivity contribution is 4.67. The second-order valence-electron chi connectivity index (χ2n) is 2.58. The lowest BCUT2D eigenvalue weighted by atomic mass is 10.2. The van der Waals surface area contributed by atoms with Crippen LogP contribution < -0.4 is 0 Å². The Morgan fingerprint density at radius 2 is 2.00 bits per heavy atom. The van der Waals surface area contributed by atoms with Gasteiger partial charge in [0.1, 0.15) is 0 Å². The monoisotopic (exact) mass is 155 g/mol. The molecule has 0 bridgehead atoms. The first-order valence-electron chi connectivity index (χ1n) is 4.36. The van der Waals surface area contributed by atoms with Gasteiger partial charge in [-0.05, 0) is 19.3 Å². The fourth-order valence-corrected chi connectivity index (χ4v) is 0.831. The highest BCUT2D eigenvalue weighted by Gasteiger charge is 1.88. The number of nitrogens with zero attached hydrogens (tertiary/aromatic N) is 1. The molecule has 0 atom stereocenters. The maximum atomic E-state index is 8.23. The molecule has 0 aliphatic carbocycles. The van der Waals surface area contributed by atoms with Crippen molar-refractivity contribution in [1.29, 1.82) is 5.26 Å². The van der Waals surface area contributed by atoms with E-state index < -0.39 is 0 Å². The zero-order valence-corrected chi connectivity index (χ0v) is 7.31. The molecule has 0 rings (SSSR count). The van der Waals surface area contributed by atoms with E-state index in [9.17, 15) is 0 Å². The maximum Gasteiger partial charge on any atom is 0.0621 e. The van der Waals surface area contributed by atoms with Gasteiger partial charge in [0.2, 0.25) is 0 Å². The predicted molar refractivity (Wildman–Crippen MR) is 45.2 cm³/mol. The first kappa shape index (κ1) is 10.4. The molecule has 2 heteroatoms. The van der Waals surface area contributed by atoms with E-state index in [-0.39, 0.29) is 0 Å². The van der Waals surface area contributed by atoms with Crippen LogP contribution in [-0.2, 0) is 4.74 Å². The Hall–Kier alpha value is -0.550. The molecule has 0 aliphatic rings. The number of ether oxygens (including phenoxy) is 1. The predicted octanol–water partition coefficient (Wildman–Crippen LogP) is 2.50. The van der Waals surface area contributed by atoms with Gasteiger partial charge >= 0.3 is 0 Å². The molecule has 11 heavy (non-hydrogen) atoms. The molecular weight excluding hydrogens is 138 g/mol. The van der Waals surface area contributed by atoms with Gasteiger partial charge in [0.05, 0.1) is 6.07 Å². The number of hydrogen-bond donors (Lipinski definition) is 0. The van der Waals surface area contributed by atoms with Crippen molar-refractivity contribution in [3.63, 3.8) is 0 Å². The van der Waals surface area contributed by atoms with Crippen LogP contribution in [0.1, 0.15) is 39.0 Å². The maximum absolute atomic E-state index is 8.23. The molecule has 0 amide bonds. The third-order valence-electron chi connectivity index (χ3n) is 1.43. The lowest BCUT2D eigenvalue weighted by Gasteiger charge is -2.00. The van der Waals surface area contributed by atoms with Gasteiger partial charge in [0, 0.05) is 19.6 Å². The Morgan fingerprint density at radius 3 is 2.64 bits per heavy atom. The molecule has 2 nitrogen and oxygen atoms in total. The van der Waals surface area contributed by atoms with Crippen molar-refractivity contribution in [1.82, 2.24) is 0 Å². The van der Waals surface area contributed by atoms with Crippen molar-refractivity contribution in [2.45, 2.75) is 39.0 Å². The van der Waals surface area contributed by atoms with Gasteiger partial charge in [-0.25, -0.2) is 0 Å². The lowest BCUT2D eigenvalue weighted by molar-refractivity contribution is 0.130. The minimum Gasteiger partial charge on any atom is -0.381 e. The molecule has 0 unspecified atom stereocenters. The van der Waals surface area contributed by atoms with E-state index in [1.807, 2.05) is 0 Å². The summed E-state index contributed by atoms with van der Waals surface area (Å²) in [5, 5.41) is 8.23. The summed E-state index contributed by atoms with van der Waals surface area (Å²) in [5.41, 5.74) is 0. The molecule has 0 heterocycles. The average molecular weight is 155 g/mol. The molecule has 0 spiro atoms. The summed E-state index contributed by atoms with van der Waals surface area (Å²) in [6.45, 7) is 3.84. The Morgan fingerprint density at radius 1 is 1.18 bits per heavy atom. The van der Waals surface area contributed by atoms with Crippen molar-refractivity contribution in [2.75, 3.05) is 13.2 Å². The van der Waals surface area contributed by atoms with Crippen LogP contribution in [0.4, 0.5) is 0 Å². The van der Waals surface area contributed by atoms with E-state index in [1.54, 1.807) is 0 Å². The summed E-state index contributed by atoms with van der Waals surface area (Å²) < 4.78 is 5.28. The van der Waals surface area contributed by atoms with E-state index in [4.69, 9.17) is 10.00 Å². The Bertz CT molecular complexity index is 107. The van der Waals surface area contributed by atoms with Gasteiger partial charge in [0.25, 0.3) is 0 Å². The zero-order valence-electron chi connectivity index (χ0n) is 7.31. The summed E-state index contributed by atoms with van der Waals surface area (Å²) in [6.07, 6.45) is 5.02. The van der Waals surface area contributed by atoms with Gasteiger partial charge in [-0.1, -0.05) is 13.3 Å². The molecular formula is C9H17NO. The summed E-state index contributed by atoms with van der Waals surface area (Å²) in [7, 11) is 0. The van der Waals surface area contributed by atoms with Crippen LogP contribution in [0.2, 0.25) is 0 Å². The lowest BCUT2D eigenvalue weighted by Crippen LogP contribution is -1.95. The Labute approximate surface area is 69.2 Å². The molecule has 0 aromatic rings.